The molecule has 1 amide bonds. The van der Waals surface area contributed by atoms with Crippen molar-refractivity contribution in [3.05, 3.63) is 53.7 Å². The molecule has 1 aliphatic rings. The molecule has 45 heavy (non-hydrogen) atoms. The van der Waals surface area contributed by atoms with Crippen molar-refractivity contribution in [3.63, 3.8) is 0 Å². The highest BCUT2D eigenvalue weighted by molar-refractivity contribution is 5.95. The number of nitrogens with zero attached hydrogens (tertiary/aromatic N) is 2. The second kappa shape index (κ2) is 13.7. The van der Waals surface area contributed by atoms with E-state index < -0.39 is 42.6 Å². The zero-order chi connectivity index (χ0) is 32.9. The number of fused-ring (bicyclic) bond motifs is 1. The standard InChI is InChI=1S/C32H36F4N4O5/c1-31(2,3)45-30(42)39(27-12-11-20(29(41)44-5)16-28(27)43-4)15-7-8-21-17-22-24(38-25-13-14-37-18-23(25)33)9-6-10-26(22)40(21)19-32(34,35)36/h6,9-12,16-17,23,25,37-38H,13-15,18-19H2,1-5H3/t23-,25+/m0/s1. The molecule has 1 fully saturated rings. The molecule has 13 heteroatoms. The first-order chi connectivity index (χ1) is 21.2. The summed E-state index contributed by atoms with van der Waals surface area (Å²) in [6, 6.07) is 10.2. The van der Waals surface area contributed by atoms with Crippen molar-refractivity contribution in [2.75, 3.05) is 44.1 Å². The highest BCUT2D eigenvalue weighted by atomic mass is 19.4. The van der Waals surface area contributed by atoms with Crippen LogP contribution in [0.5, 0.6) is 5.75 Å². The lowest BCUT2D eigenvalue weighted by molar-refractivity contribution is -0.140. The van der Waals surface area contributed by atoms with Crippen LogP contribution in [-0.2, 0) is 16.0 Å². The number of esters is 1. The smallest absolute Gasteiger partial charge is 0.415 e. The highest BCUT2D eigenvalue weighted by Gasteiger charge is 2.31. The third kappa shape index (κ3) is 8.39. The number of anilines is 2. The van der Waals surface area contributed by atoms with Crippen molar-refractivity contribution in [2.24, 2.45) is 0 Å². The first kappa shape index (κ1) is 33.5. The number of nitrogens with one attached hydrogen (secondary N) is 2. The number of hydrogen-bond donors (Lipinski definition) is 2. The Bertz CT molecular complexity index is 1600. The summed E-state index contributed by atoms with van der Waals surface area (Å²) in [6.45, 7) is 4.25. The lowest BCUT2D eigenvalue weighted by atomic mass is 10.0. The molecular weight excluding hydrogens is 596 g/mol. The number of halogens is 4. The van der Waals surface area contributed by atoms with Crippen molar-refractivity contribution in [1.29, 1.82) is 0 Å². The molecule has 2 aromatic carbocycles. The van der Waals surface area contributed by atoms with Crippen LogP contribution in [0.15, 0.2) is 42.5 Å². The predicted octanol–water partition coefficient (Wildman–Crippen LogP) is 5.90. The number of hydrogen-bond acceptors (Lipinski definition) is 7. The molecule has 0 bridgehead atoms. The second-order valence-electron chi connectivity index (χ2n) is 11.5. The van der Waals surface area contributed by atoms with Gasteiger partial charge in [-0.1, -0.05) is 12.0 Å². The summed E-state index contributed by atoms with van der Waals surface area (Å²) in [5, 5.41) is 6.60. The number of benzene rings is 2. The first-order valence-electron chi connectivity index (χ1n) is 14.3. The van der Waals surface area contributed by atoms with Crippen LogP contribution in [0, 0.1) is 11.8 Å². The van der Waals surface area contributed by atoms with E-state index >= 15 is 0 Å². The lowest BCUT2D eigenvalue weighted by Gasteiger charge is -2.28. The second-order valence-corrected chi connectivity index (χ2v) is 11.5. The maximum atomic E-state index is 14.5. The van der Waals surface area contributed by atoms with Gasteiger partial charge < -0.3 is 29.4 Å². The van der Waals surface area contributed by atoms with Crippen LogP contribution in [0.1, 0.15) is 43.2 Å². The Morgan fingerprint density at radius 3 is 2.53 bits per heavy atom. The van der Waals surface area contributed by atoms with Gasteiger partial charge in [0.1, 0.15) is 24.1 Å². The number of ether oxygens (including phenoxy) is 3. The molecule has 9 nitrogen and oxygen atoms in total. The molecule has 2 N–H and O–H groups in total. The Morgan fingerprint density at radius 2 is 1.89 bits per heavy atom. The van der Waals surface area contributed by atoms with Crippen LogP contribution in [0.4, 0.5) is 33.7 Å². The number of piperidine rings is 1. The Balaban J connectivity index is 1.74. The largest absolute Gasteiger partial charge is 0.495 e. The van der Waals surface area contributed by atoms with Crippen molar-refractivity contribution in [3.8, 4) is 17.6 Å². The maximum Gasteiger partial charge on any atom is 0.415 e. The van der Waals surface area contributed by atoms with Gasteiger partial charge in [0.15, 0.2) is 0 Å². The third-order valence-electron chi connectivity index (χ3n) is 6.99. The molecule has 1 aliphatic heterocycles. The molecule has 242 valence electrons. The van der Waals surface area contributed by atoms with E-state index in [2.05, 4.69) is 22.5 Å². The monoisotopic (exact) mass is 632 g/mol. The fourth-order valence-corrected chi connectivity index (χ4v) is 4.97. The van der Waals surface area contributed by atoms with Crippen LogP contribution in [-0.4, -0.2) is 74.5 Å². The summed E-state index contributed by atoms with van der Waals surface area (Å²) < 4.78 is 72.5. The SMILES string of the molecule is COC(=O)c1ccc(N(CC#Cc2cc3c(N[C@@H]4CCNC[C@@H]4F)cccc3n2CC(F)(F)F)C(=O)OC(C)(C)C)c(OC)c1. The summed E-state index contributed by atoms with van der Waals surface area (Å²) in [7, 11) is 2.59. The zero-order valence-electron chi connectivity index (χ0n) is 25.7. The minimum Gasteiger partial charge on any atom is -0.495 e. The van der Waals surface area contributed by atoms with Crippen molar-refractivity contribution >= 4 is 34.3 Å². The van der Waals surface area contributed by atoms with E-state index in [0.29, 0.717) is 24.0 Å². The Labute approximate surface area is 258 Å². The summed E-state index contributed by atoms with van der Waals surface area (Å²) >= 11 is 0. The zero-order valence-corrected chi connectivity index (χ0v) is 25.7. The third-order valence-corrected chi connectivity index (χ3v) is 6.99. The number of carbonyl (C=O) groups is 2. The Kier molecular flexibility index (Phi) is 10.2. The van der Waals surface area contributed by atoms with E-state index in [9.17, 15) is 27.2 Å². The number of alkyl halides is 4. The lowest BCUT2D eigenvalue weighted by Crippen LogP contribution is -2.45. The van der Waals surface area contributed by atoms with Crippen LogP contribution < -0.4 is 20.3 Å². The molecule has 4 rings (SSSR count). The fraction of sp³-hybridized carbons (Fsp3) is 0.438. The molecule has 0 aliphatic carbocycles. The Morgan fingerprint density at radius 1 is 1.13 bits per heavy atom. The normalized spacial score (nSPS) is 16.8. The molecule has 0 spiro atoms. The number of aromatic nitrogens is 1. The summed E-state index contributed by atoms with van der Waals surface area (Å²) in [6.07, 6.45) is -5.99. The van der Waals surface area contributed by atoms with E-state index in [0.717, 1.165) is 4.57 Å². The van der Waals surface area contributed by atoms with E-state index in [-0.39, 0.29) is 41.3 Å². The maximum absolute atomic E-state index is 14.5. The predicted molar refractivity (Wildman–Crippen MR) is 163 cm³/mol. The molecule has 2 atom stereocenters. The van der Waals surface area contributed by atoms with E-state index in [1.165, 1.54) is 43.4 Å². The minimum atomic E-state index is -4.55. The average molecular weight is 633 g/mol. The van der Waals surface area contributed by atoms with Crippen LogP contribution in [0.2, 0.25) is 0 Å². The molecule has 0 saturated carbocycles. The fourth-order valence-electron chi connectivity index (χ4n) is 4.97. The molecule has 1 aromatic heterocycles. The van der Waals surface area contributed by atoms with Crippen LogP contribution >= 0.6 is 0 Å². The van der Waals surface area contributed by atoms with Gasteiger partial charge in [-0.25, -0.2) is 14.0 Å². The van der Waals surface area contributed by atoms with Crippen molar-refractivity contribution in [1.82, 2.24) is 9.88 Å². The molecule has 2 heterocycles. The van der Waals surface area contributed by atoms with Gasteiger partial charge in [-0.2, -0.15) is 13.2 Å². The van der Waals surface area contributed by atoms with Gasteiger partial charge in [0.2, 0.25) is 0 Å². The van der Waals surface area contributed by atoms with Gasteiger partial charge in [-0.15, -0.1) is 0 Å². The molecule has 0 radical (unpaired) electrons. The minimum absolute atomic E-state index is 0.0517. The van der Waals surface area contributed by atoms with Gasteiger partial charge in [-0.3, -0.25) is 4.90 Å². The van der Waals surface area contributed by atoms with Gasteiger partial charge in [-0.05, 0) is 76.1 Å². The number of carbonyl (C=O) groups excluding carboxylic acids is 2. The summed E-state index contributed by atoms with van der Waals surface area (Å²) in [5.41, 5.74) is 0.344. The molecule has 0 unspecified atom stereocenters. The first-order valence-corrected chi connectivity index (χ1v) is 14.3. The van der Waals surface area contributed by atoms with Gasteiger partial charge in [0.25, 0.3) is 0 Å². The van der Waals surface area contributed by atoms with E-state index in [1.807, 2.05) is 0 Å². The highest BCUT2D eigenvalue weighted by Crippen LogP contribution is 2.33. The average Bonchev–Trinajstić information content (AvgIpc) is 3.31. The van der Waals surface area contributed by atoms with Crippen molar-refractivity contribution in [2.45, 2.75) is 57.7 Å². The van der Waals surface area contributed by atoms with E-state index in [1.54, 1.807) is 39.0 Å². The van der Waals surface area contributed by atoms with Gasteiger partial charge in [0, 0.05) is 17.6 Å². The summed E-state index contributed by atoms with van der Waals surface area (Å²) in [5.74, 6) is 5.14. The topological polar surface area (TPSA) is 94.1 Å². The number of methoxy groups -OCH3 is 2. The molecular formula is C32H36F4N4O5. The van der Waals surface area contributed by atoms with Crippen molar-refractivity contribution < 1.29 is 41.4 Å². The van der Waals surface area contributed by atoms with Gasteiger partial charge in [0.05, 0.1) is 49.3 Å². The molecule has 1 saturated heterocycles. The van der Waals surface area contributed by atoms with Crippen LogP contribution in [0.25, 0.3) is 10.9 Å². The van der Waals surface area contributed by atoms with Gasteiger partial charge >= 0.3 is 18.2 Å². The number of rotatable bonds is 7. The quantitative estimate of drug-likeness (QED) is 0.190. The Hall–Kier alpha value is -4.44. The summed E-state index contributed by atoms with van der Waals surface area (Å²) in [4.78, 5) is 26.5. The van der Waals surface area contributed by atoms with E-state index in [4.69, 9.17) is 14.2 Å². The number of amides is 1. The molecule has 3 aromatic rings. The van der Waals surface area contributed by atoms with Crippen LogP contribution in [0.3, 0.4) is 0 Å².